The van der Waals surface area contributed by atoms with Gasteiger partial charge in [0.15, 0.2) is 6.61 Å². The molecule has 0 spiro atoms. The Bertz CT molecular complexity index is 773. The van der Waals surface area contributed by atoms with Crippen molar-refractivity contribution in [2.45, 2.75) is 33.1 Å². The number of carbonyl (C=O) groups excluding carboxylic acids is 2. The standard InChI is InChI=1S/C20H23FN2O3/c1-13(2)17-9-4-14(3)10-18(17)26-12-20(25)23-22-19(24)11-15-5-7-16(21)8-6-15/h4-10,13H,11-12H2,1-3H3,(H,22,24)(H,23,25). The average molecular weight is 358 g/mol. The van der Waals surface area contributed by atoms with Gasteiger partial charge >= 0.3 is 0 Å². The highest BCUT2D eigenvalue weighted by atomic mass is 19.1. The molecular weight excluding hydrogens is 335 g/mol. The third-order valence-electron chi connectivity index (χ3n) is 3.77. The molecular formula is C20H23FN2O3. The van der Waals surface area contributed by atoms with Crippen LogP contribution in [0.2, 0.25) is 0 Å². The van der Waals surface area contributed by atoms with Crippen LogP contribution in [0.15, 0.2) is 42.5 Å². The molecule has 0 aliphatic heterocycles. The number of hydrogen-bond acceptors (Lipinski definition) is 3. The Balaban J connectivity index is 1.81. The zero-order chi connectivity index (χ0) is 19.1. The first-order valence-electron chi connectivity index (χ1n) is 8.40. The molecule has 0 aromatic heterocycles. The molecule has 0 unspecified atom stereocenters. The van der Waals surface area contributed by atoms with Crippen molar-refractivity contribution in [3.63, 3.8) is 0 Å². The summed E-state index contributed by atoms with van der Waals surface area (Å²) < 4.78 is 18.4. The number of rotatable bonds is 6. The van der Waals surface area contributed by atoms with Crippen molar-refractivity contribution in [2.24, 2.45) is 0 Å². The summed E-state index contributed by atoms with van der Waals surface area (Å²) in [7, 11) is 0. The van der Waals surface area contributed by atoms with E-state index in [1.165, 1.54) is 24.3 Å². The minimum absolute atomic E-state index is 0.0385. The molecule has 0 aliphatic rings. The lowest BCUT2D eigenvalue weighted by atomic mass is 10.0. The van der Waals surface area contributed by atoms with E-state index in [9.17, 15) is 14.0 Å². The largest absolute Gasteiger partial charge is 0.483 e. The van der Waals surface area contributed by atoms with Gasteiger partial charge in [-0.05, 0) is 47.7 Å². The molecule has 0 aliphatic carbocycles. The van der Waals surface area contributed by atoms with Crippen molar-refractivity contribution >= 4 is 11.8 Å². The molecule has 0 saturated heterocycles. The second kappa shape index (κ2) is 8.99. The average Bonchev–Trinajstić information content (AvgIpc) is 2.60. The van der Waals surface area contributed by atoms with E-state index < -0.39 is 11.8 Å². The zero-order valence-corrected chi connectivity index (χ0v) is 15.1. The van der Waals surface area contributed by atoms with Crippen molar-refractivity contribution in [3.05, 3.63) is 65.0 Å². The number of nitrogens with one attached hydrogen (secondary N) is 2. The lowest BCUT2D eigenvalue weighted by Crippen LogP contribution is -2.44. The van der Waals surface area contributed by atoms with Crippen LogP contribution in [0.3, 0.4) is 0 Å². The maximum atomic E-state index is 12.8. The van der Waals surface area contributed by atoms with Crippen LogP contribution < -0.4 is 15.6 Å². The fourth-order valence-electron chi connectivity index (χ4n) is 2.39. The normalized spacial score (nSPS) is 10.5. The van der Waals surface area contributed by atoms with Crippen LogP contribution >= 0.6 is 0 Å². The molecule has 2 aromatic rings. The van der Waals surface area contributed by atoms with Gasteiger partial charge in [-0.1, -0.05) is 38.1 Å². The summed E-state index contributed by atoms with van der Waals surface area (Å²) in [6.07, 6.45) is 0.0385. The van der Waals surface area contributed by atoms with Gasteiger partial charge in [0.1, 0.15) is 11.6 Å². The summed E-state index contributed by atoms with van der Waals surface area (Å²) >= 11 is 0. The van der Waals surface area contributed by atoms with E-state index in [1.807, 2.05) is 39.0 Å². The first kappa shape index (κ1) is 19.4. The van der Waals surface area contributed by atoms with Gasteiger partial charge in [0.2, 0.25) is 5.91 Å². The third kappa shape index (κ3) is 5.88. The van der Waals surface area contributed by atoms with Crippen molar-refractivity contribution < 1.29 is 18.7 Å². The smallest absolute Gasteiger partial charge is 0.276 e. The molecule has 0 heterocycles. The highest BCUT2D eigenvalue weighted by Crippen LogP contribution is 2.27. The van der Waals surface area contributed by atoms with Crippen molar-refractivity contribution in [1.82, 2.24) is 10.9 Å². The highest BCUT2D eigenvalue weighted by molar-refractivity contribution is 5.83. The Kier molecular flexibility index (Phi) is 6.72. The number of halogens is 1. The third-order valence-corrected chi connectivity index (χ3v) is 3.77. The summed E-state index contributed by atoms with van der Waals surface area (Å²) in [5, 5.41) is 0. The predicted molar refractivity (Wildman–Crippen MR) is 97.2 cm³/mol. The van der Waals surface area contributed by atoms with Crippen LogP contribution in [-0.4, -0.2) is 18.4 Å². The van der Waals surface area contributed by atoms with Gasteiger partial charge in [0.05, 0.1) is 6.42 Å². The van der Waals surface area contributed by atoms with E-state index in [0.717, 1.165) is 11.1 Å². The minimum Gasteiger partial charge on any atom is -0.483 e. The molecule has 2 aromatic carbocycles. The highest BCUT2D eigenvalue weighted by Gasteiger charge is 2.11. The van der Waals surface area contributed by atoms with Gasteiger partial charge in [-0.25, -0.2) is 4.39 Å². The molecule has 2 rings (SSSR count). The minimum atomic E-state index is -0.464. The summed E-state index contributed by atoms with van der Waals surface area (Å²) in [5.41, 5.74) is 7.33. The molecule has 0 saturated carbocycles. The Morgan fingerprint density at radius 1 is 1.04 bits per heavy atom. The van der Waals surface area contributed by atoms with E-state index in [4.69, 9.17) is 4.74 Å². The molecule has 26 heavy (non-hydrogen) atoms. The summed E-state index contributed by atoms with van der Waals surface area (Å²) in [6.45, 7) is 5.84. The summed E-state index contributed by atoms with van der Waals surface area (Å²) in [4.78, 5) is 23.7. The number of hydrogen-bond donors (Lipinski definition) is 2. The maximum Gasteiger partial charge on any atom is 0.276 e. The number of aryl methyl sites for hydroxylation is 1. The molecule has 0 fully saturated rings. The molecule has 2 N–H and O–H groups in total. The molecule has 0 radical (unpaired) electrons. The van der Waals surface area contributed by atoms with Crippen molar-refractivity contribution in [3.8, 4) is 5.75 Å². The molecule has 5 nitrogen and oxygen atoms in total. The van der Waals surface area contributed by atoms with Crippen LogP contribution in [0.1, 0.15) is 36.5 Å². The van der Waals surface area contributed by atoms with Crippen molar-refractivity contribution in [2.75, 3.05) is 6.61 Å². The number of carbonyl (C=O) groups is 2. The fraction of sp³-hybridized carbons (Fsp3) is 0.300. The van der Waals surface area contributed by atoms with Crippen LogP contribution in [-0.2, 0) is 16.0 Å². The lowest BCUT2D eigenvalue weighted by molar-refractivity contribution is -0.129. The number of amides is 2. The lowest BCUT2D eigenvalue weighted by Gasteiger charge is -2.15. The zero-order valence-electron chi connectivity index (χ0n) is 15.1. The Hall–Kier alpha value is -2.89. The summed E-state index contributed by atoms with van der Waals surface area (Å²) in [5.74, 6) is -0.301. The molecule has 2 amide bonds. The van der Waals surface area contributed by atoms with Crippen LogP contribution in [0, 0.1) is 12.7 Å². The second-order valence-electron chi connectivity index (χ2n) is 6.38. The Morgan fingerprint density at radius 3 is 2.35 bits per heavy atom. The van der Waals surface area contributed by atoms with Crippen LogP contribution in [0.4, 0.5) is 4.39 Å². The maximum absolute atomic E-state index is 12.8. The van der Waals surface area contributed by atoms with E-state index in [1.54, 1.807) is 0 Å². The fourth-order valence-corrected chi connectivity index (χ4v) is 2.39. The molecule has 6 heteroatoms. The van der Waals surface area contributed by atoms with Crippen molar-refractivity contribution in [1.29, 1.82) is 0 Å². The quantitative estimate of drug-likeness (QED) is 0.780. The van der Waals surface area contributed by atoms with Gasteiger partial charge in [-0.2, -0.15) is 0 Å². The van der Waals surface area contributed by atoms with Gasteiger partial charge in [-0.3, -0.25) is 20.4 Å². The van der Waals surface area contributed by atoms with Gasteiger partial charge in [0.25, 0.3) is 5.91 Å². The number of ether oxygens (including phenoxy) is 1. The molecule has 0 atom stereocenters. The van der Waals surface area contributed by atoms with Crippen LogP contribution in [0.25, 0.3) is 0 Å². The SMILES string of the molecule is Cc1ccc(C(C)C)c(OCC(=O)NNC(=O)Cc2ccc(F)cc2)c1. The van der Waals surface area contributed by atoms with E-state index in [0.29, 0.717) is 11.3 Å². The number of benzene rings is 2. The van der Waals surface area contributed by atoms with E-state index in [2.05, 4.69) is 10.9 Å². The topological polar surface area (TPSA) is 67.4 Å². The van der Waals surface area contributed by atoms with Gasteiger partial charge in [0, 0.05) is 0 Å². The second-order valence-corrected chi connectivity index (χ2v) is 6.38. The first-order valence-corrected chi connectivity index (χ1v) is 8.40. The monoisotopic (exact) mass is 358 g/mol. The van der Waals surface area contributed by atoms with E-state index >= 15 is 0 Å². The Morgan fingerprint density at radius 2 is 1.69 bits per heavy atom. The van der Waals surface area contributed by atoms with E-state index in [-0.39, 0.29) is 24.8 Å². The van der Waals surface area contributed by atoms with Gasteiger partial charge < -0.3 is 4.74 Å². The van der Waals surface area contributed by atoms with Gasteiger partial charge in [-0.15, -0.1) is 0 Å². The van der Waals surface area contributed by atoms with Crippen LogP contribution in [0.5, 0.6) is 5.75 Å². The molecule has 0 bridgehead atoms. The number of hydrazine groups is 1. The predicted octanol–water partition coefficient (Wildman–Crippen LogP) is 3.03. The first-order chi connectivity index (χ1) is 12.3. The Labute approximate surface area is 152 Å². The summed E-state index contributed by atoms with van der Waals surface area (Å²) in [6, 6.07) is 11.5. The molecule has 138 valence electrons.